The predicted molar refractivity (Wildman–Crippen MR) is 73.2 cm³/mol. The molecule has 0 aliphatic heterocycles. The van der Waals surface area contributed by atoms with Gasteiger partial charge in [-0.1, -0.05) is 12.1 Å². The van der Waals surface area contributed by atoms with E-state index >= 15 is 0 Å². The van der Waals surface area contributed by atoms with E-state index in [-0.39, 0.29) is 6.04 Å². The summed E-state index contributed by atoms with van der Waals surface area (Å²) in [6.45, 7) is 5.46. The van der Waals surface area contributed by atoms with E-state index in [9.17, 15) is 0 Å². The molecule has 0 radical (unpaired) electrons. The minimum absolute atomic E-state index is 0.130. The smallest absolute Gasteiger partial charge is 0.164 e. The van der Waals surface area contributed by atoms with Crippen molar-refractivity contribution in [3.8, 4) is 11.5 Å². The van der Waals surface area contributed by atoms with Crippen molar-refractivity contribution in [3.63, 3.8) is 0 Å². The molecule has 0 bridgehead atoms. The lowest BCUT2D eigenvalue weighted by molar-refractivity contribution is 0.264. The normalized spacial score (nSPS) is 16.4. The molecule has 1 fully saturated rings. The van der Waals surface area contributed by atoms with Crippen molar-refractivity contribution in [3.05, 3.63) is 23.8 Å². The molecule has 0 saturated heterocycles. The van der Waals surface area contributed by atoms with Crippen molar-refractivity contribution in [1.82, 2.24) is 0 Å². The Hall–Kier alpha value is -1.22. The Bertz CT molecular complexity index is 386. The molecule has 1 unspecified atom stereocenters. The van der Waals surface area contributed by atoms with Gasteiger partial charge >= 0.3 is 0 Å². The fraction of sp³-hybridized carbons (Fsp3) is 0.600. The van der Waals surface area contributed by atoms with Crippen molar-refractivity contribution in [2.75, 3.05) is 13.2 Å². The SMILES string of the molecule is CCOc1cccc(CC(C)N)c1OCC1CC1. The maximum atomic E-state index is 5.97. The molecule has 100 valence electrons. The molecule has 1 atom stereocenters. The molecule has 18 heavy (non-hydrogen) atoms. The molecule has 1 aliphatic carbocycles. The van der Waals surface area contributed by atoms with Crippen LogP contribution in [0.5, 0.6) is 11.5 Å². The van der Waals surface area contributed by atoms with Crippen molar-refractivity contribution in [2.45, 2.75) is 39.2 Å². The first-order valence-corrected chi connectivity index (χ1v) is 6.83. The zero-order valence-electron chi connectivity index (χ0n) is 11.3. The Morgan fingerprint density at radius 3 is 2.72 bits per heavy atom. The molecule has 0 aromatic heterocycles. The van der Waals surface area contributed by atoms with E-state index in [0.717, 1.165) is 36.0 Å². The largest absolute Gasteiger partial charge is 0.490 e. The maximum absolute atomic E-state index is 5.97. The van der Waals surface area contributed by atoms with Crippen molar-refractivity contribution >= 4 is 0 Å². The van der Waals surface area contributed by atoms with Crippen LogP contribution in [0.25, 0.3) is 0 Å². The number of hydrogen-bond acceptors (Lipinski definition) is 3. The van der Waals surface area contributed by atoms with Gasteiger partial charge in [-0.05, 0) is 50.7 Å². The first-order valence-electron chi connectivity index (χ1n) is 6.83. The van der Waals surface area contributed by atoms with Gasteiger partial charge in [-0.15, -0.1) is 0 Å². The Kier molecular flexibility index (Phi) is 4.48. The van der Waals surface area contributed by atoms with Gasteiger partial charge in [0.05, 0.1) is 13.2 Å². The van der Waals surface area contributed by atoms with E-state index in [1.54, 1.807) is 0 Å². The molecule has 1 aliphatic rings. The topological polar surface area (TPSA) is 44.5 Å². The number of para-hydroxylation sites is 1. The van der Waals surface area contributed by atoms with Crippen LogP contribution >= 0.6 is 0 Å². The van der Waals surface area contributed by atoms with Gasteiger partial charge in [0.1, 0.15) is 0 Å². The highest BCUT2D eigenvalue weighted by atomic mass is 16.5. The number of hydrogen-bond donors (Lipinski definition) is 1. The summed E-state index contributed by atoms with van der Waals surface area (Å²) in [4.78, 5) is 0. The zero-order chi connectivity index (χ0) is 13.0. The minimum Gasteiger partial charge on any atom is -0.490 e. The number of benzene rings is 1. The molecule has 0 spiro atoms. The van der Waals surface area contributed by atoms with E-state index in [1.165, 1.54) is 12.8 Å². The third-order valence-corrected chi connectivity index (χ3v) is 3.06. The average Bonchev–Trinajstić information content (AvgIpc) is 3.12. The van der Waals surface area contributed by atoms with E-state index in [1.807, 2.05) is 26.0 Å². The highest BCUT2D eigenvalue weighted by molar-refractivity contribution is 5.47. The van der Waals surface area contributed by atoms with Gasteiger partial charge in [0, 0.05) is 6.04 Å². The lowest BCUT2D eigenvalue weighted by atomic mass is 10.1. The summed E-state index contributed by atoms with van der Waals surface area (Å²) < 4.78 is 11.6. The molecule has 3 heteroatoms. The molecule has 1 saturated carbocycles. The van der Waals surface area contributed by atoms with Crippen LogP contribution in [0.1, 0.15) is 32.3 Å². The van der Waals surface area contributed by atoms with E-state index in [2.05, 4.69) is 6.07 Å². The minimum atomic E-state index is 0.130. The van der Waals surface area contributed by atoms with Crippen LogP contribution in [-0.4, -0.2) is 19.3 Å². The predicted octanol–water partition coefficient (Wildman–Crippen LogP) is 2.76. The third-order valence-electron chi connectivity index (χ3n) is 3.06. The van der Waals surface area contributed by atoms with Gasteiger partial charge in [0.2, 0.25) is 0 Å². The van der Waals surface area contributed by atoms with Gasteiger partial charge in [0.15, 0.2) is 11.5 Å². The lowest BCUT2D eigenvalue weighted by Gasteiger charge is -2.17. The average molecular weight is 249 g/mol. The Labute approximate surface area is 109 Å². The molecule has 2 rings (SSSR count). The highest BCUT2D eigenvalue weighted by Crippen LogP contribution is 2.35. The van der Waals surface area contributed by atoms with Crippen LogP contribution in [0.2, 0.25) is 0 Å². The Balaban J connectivity index is 2.16. The monoisotopic (exact) mass is 249 g/mol. The fourth-order valence-corrected chi connectivity index (χ4v) is 1.99. The van der Waals surface area contributed by atoms with Gasteiger partial charge in [-0.25, -0.2) is 0 Å². The summed E-state index contributed by atoms with van der Waals surface area (Å²) in [5.41, 5.74) is 7.04. The van der Waals surface area contributed by atoms with Crippen LogP contribution in [0.3, 0.4) is 0 Å². The second-order valence-corrected chi connectivity index (χ2v) is 5.11. The van der Waals surface area contributed by atoms with Crippen LogP contribution in [0.4, 0.5) is 0 Å². The second-order valence-electron chi connectivity index (χ2n) is 5.11. The first kappa shape index (κ1) is 13.2. The molecule has 0 heterocycles. The standard InChI is InChI=1S/C15H23NO2/c1-3-17-14-6-4-5-13(9-11(2)16)15(14)18-10-12-7-8-12/h4-6,11-12H,3,7-10,16H2,1-2H3. The summed E-state index contributed by atoms with van der Waals surface area (Å²) in [5.74, 6) is 2.47. The maximum Gasteiger partial charge on any atom is 0.164 e. The fourth-order valence-electron chi connectivity index (χ4n) is 1.99. The van der Waals surface area contributed by atoms with Crippen molar-refractivity contribution in [2.24, 2.45) is 11.7 Å². The van der Waals surface area contributed by atoms with Gasteiger partial charge in [0.25, 0.3) is 0 Å². The number of ether oxygens (including phenoxy) is 2. The first-order chi connectivity index (χ1) is 8.70. The number of rotatable bonds is 7. The van der Waals surface area contributed by atoms with E-state index < -0.39 is 0 Å². The molecular formula is C15H23NO2. The van der Waals surface area contributed by atoms with Crippen LogP contribution < -0.4 is 15.2 Å². The lowest BCUT2D eigenvalue weighted by Crippen LogP contribution is -2.18. The van der Waals surface area contributed by atoms with E-state index in [4.69, 9.17) is 15.2 Å². The van der Waals surface area contributed by atoms with Gasteiger partial charge in [-0.3, -0.25) is 0 Å². The summed E-state index contributed by atoms with van der Waals surface area (Å²) in [5, 5.41) is 0. The van der Waals surface area contributed by atoms with Crippen molar-refractivity contribution in [1.29, 1.82) is 0 Å². The highest BCUT2D eigenvalue weighted by Gasteiger charge is 2.23. The second kappa shape index (κ2) is 6.10. The van der Waals surface area contributed by atoms with Crippen LogP contribution in [0.15, 0.2) is 18.2 Å². The van der Waals surface area contributed by atoms with Crippen LogP contribution in [0, 0.1) is 5.92 Å². The van der Waals surface area contributed by atoms with Gasteiger partial charge < -0.3 is 15.2 Å². The molecular weight excluding hydrogens is 226 g/mol. The Morgan fingerprint density at radius 2 is 2.11 bits per heavy atom. The summed E-state index contributed by atoms with van der Waals surface area (Å²) >= 11 is 0. The summed E-state index contributed by atoms with van der Waals surface area (Å²) in [6.07, 6.45) is 3.40. The molecule has 3 nitrogen and oxygen atoms in total. The number of nitrogens with two attached hydrogens (primary N) is 1. The molecule has 0 amide bonds. The quantitative estimate of drug-likeness (QED) is 0.808. The summed E-state index contributed by atoms with van der Waals surface area (Å²) in [6, 6.07) is 6.18. The summed E-state index contributed by atoms with van der Waals surface area (Å²) in [7, 11) is 0. The Morgan fingerprint density at radius 1 is 1.33 bits per heavy atom. The van der Waals surface area contributed by atoms with Gasteiger partial charge in [-0.2, -0.15) is 0 Å². The molecule has 2 N–H and O–H groups in total. The van der Waals surface area contributed by atoms with E-state index in [0.29, 0.717) is 6.61 Å². The zero-order valence-corrected chi connectivity index (χ0v) is 11.3. The molecule has 1 aromatic carbocycles. The van der Waals surface area contributed by atoms with Crippen LogP contribution in [-0.2, 0) is 6.42 Å². The van der Waals surface area contributed by atoms with Crippen molar-refractivity contribution < 1.29 is 9.47 Å². The third kappa shape index (κ3) is 3.64. The molecule has 1 aromatic rings.